The minimum Gasteiger partial charge on any atom is -0.508 e. The molecular weight excluding hydrogens is 364 g/mol. The van der Waals surface area contributed by atoms with Gasteiger partial charge in [0.15, 0.2) is 0 Å². The summed E-state index contributed by atoms with van der Waals surface area (Å²) in [6.07, 6.45) is 4.46. The minimum absolute atomic E-state index is 0.0529. The molecule has 0 radical (unpaired) electrons. The first kappa shape index (κ1) is 17.9. The van der Waals surface area contributed by atoms with Crippen LogP contribution in [0.15, 0.2) is 36.4 Å². The van der Waals surface area contributed by atoms with E-state index in [1.54, 1.807) is 18.2 Å². The van der Waals surface area contributed by atoms with Crippen LogP contribution in [0.1, 0.15) is 42.7 Å². The van der Waals surface area contributed by atoms with Crippen molar-refractivity contribution in [1.29, 1.82) is 0 Å². The lowest BCUT2D eigenvalue weighted by Crippen LogP contribution is -2.20. The van der Waals surface area contributed by atoms with Gasteiger partial charge in [-0.05, 0) is 60.7 Å². The van der Waals surface area contributed by atoms with E-state index >= 15 is 0 Å². The van der Waals surface area contributed by atoms with Crippen LogP contribution in [0.4, 0.5) is 11.4 Å². The number of rotatable bonds is 4. The molecule has 1 aliphatic carbocycles. The van der Waals surface area contributed by atoms with E-state index in [1.807, 2.05) is 12.1 Å². The molecule has 27 heavy (non-hydrogen) atoms. The van der Waals surface area contributed by atoms with Crippen LogP contribution < -0.4 is 10.6 Å². The number of fused-ring (bicyclic) bond motifs is 1. The fourth-order valence-electron chi connectivity index (χ4n) is 3.98. The van der Waals surface area contributed by atoms with Gasteiger partial charge in [-0.2, -0.15) is 0 Å². The maximum absolute atomic E-state index is 12.5. The Morgan fingerprint density at radius 2 is 1.96 bits per heavy atom. The molecule has 2 aliphatic rings. The van der Waals surface area contributed by atoms with E-state index in [0.717, 1.165) is 31.2 Å². The number of amides is 2. The molecule has 4 rings (SSSR count). The van der Waals surface area contributed by atoms with Crippen molar-refractivity contribution < 1.29 is 14.7 Å². The second-order valence-electron chi connectivity index (χ2n) is 7.29. The fourth-order valence-corrected chi connectivity index (χ4v) is 4.17. The summed E-state index contributed by atoms with van der Waals surface area (Å²) in [6, 6.07) is 10.3. The van der Waals surface area contributed by atoms with Gasteiger partial charge in [0.2, 0.25) is 11.8 Å². The first-order chi connectivity index (χ1) is 13.0. The summed E-state index contributed by atoms with van der Waals surface area (Å²) in [7, 11) is 0. The van der Waals surface area contributed by atoms with Crippen molar-refractivity contribution in [2.75, 3.05) is 10.6 Å². The van der Waals surface area contributed by atoms with E-state index in [2.05, 4.69) is 10.6 Å². The summed E-state index contributed by atoms with van der Waals surface area (Å²) in [6.45, 7) is 0. The molecule has 1 saturated carbocycles. The number of aromatic hydroxyl groups is 1. The Labute approximate surface area is 162 Å². The van der Waals surface area contributed by atoms with E-state index in [4.69, 9.17) is 11.6 Å². The molecule has 0 spiro atoms. The second kappa shape index (κ2) is 7.24. The number of phenolic OH excluding ortho intramolecular Hbond substituents is 1. The van der Waals surface area contributed by atoms with E-state index in [1.165, 1.54) is 6.07 Å². The molecule has 1 atom stereocenters. The molecule has 140 valence electrons. The standard InChI is InChI=1S/C21H21ClN2O3/c22-14-5-8-19(25)13(9-14)10-17-16-7-6-15(11-18(16)24-21(17)27)23-20(26)12-3-1-2-4-12/h5-9,11-12,17,25H,1-4,10H2,(H,23,26)(H,24,27). The smallest absolute Gasteiger partial charge is 0.232 e. The van der Waals surface area contributed by atoms with E-state index in [9.17, 15) is 14.7 Å². The van der Waals surface area contributed by atoms with E-state index in [-0.39, 0.29) is 23.5 Å². The molecule has 0 saturated heterocycles. The van der Waals surface area contributed by atoms with Gasteiger partial charge in [0.1, 0.15) is 5.75 Å². The molecule has 2 aromatic rings. The van der Waals surface area contributed by atoms with Gasteiger partial charge < -0.3 is 15.7 Å². The Balaban J connectivity index is 1.53. The molecule has 2 amide bonds. The lowest BCUT2D eigenvalue weighted by atomic mass is 9.92. The monoisotopic (exact) mass is 384 g/mol. The largest absolute Gasteiger partial charge is 0.508 e. The second-order valence-corrected chi connectivity index (χ2v) is 7.73. The highest BCUT2D eigenvalue weighted by molar-refractivity contribution is 6.30. The maximum atomic E-state index is 12.5. The molecule has 1 fully saturated rings. The third-order valence-electron chi connectivity index (χ3n) is 5.46. The zero-order chi connectivity index (χ0) is 19.0. The molecule has 1 heterocycles. The third kappa shape index (κ3) is 3.65. The van der Waals surface area contributed by atoms with Crippen molar-refractivity contribution in [2.45, 2.75) is 38.0 Å². The van der Waals surface area contributed by atoms with Crippen molar-refractivity contribution in [3.05, 3.63) is 52.5 Å². The molecule has 1 unspecified atom stereocenters. The number of carbonyl (C=O) groups is 2. The minimum atomic E-state index is -0.399. The van der Waals surface area contributed by atoms with Crippen LogP contribution in [-0.2, 0) is 16.0 Å². The van der Waals surface area contributed by atoms with Gasteiger partial charge in [-0.3, -0.25) is 9.59 Å². The topological polar surface area (TPSA) is 78.4 Å². The Morgan fingerprint density at radius 1 is 1.19 bits per heavy atom. The van der Waals surface area contributed by atoms with Crippen molar-refractivity contribution in [3.8, 4) is 5.75 Å². The summed E-state index contributed by atoms with van der Waals surface area (Å²) >= 11 is 6.01. The SMILES string of the molecule is O=C(Nc1ccc2c(c1)NC(=O)C2Cc1cc(Cl)ccc1O)C1CCCC1. The first-order valence-corrected chi connectivity index (χ1v) is 9.62. The number of halogens is 1. The molecule has 6 heteroatoms. The van der Waals surface area contributed by atoms with Crippen molar-refractivity contribution in [1.82, 2.24) is 0 Å². The average molecular weight is 385 g/mol. The van der Waals surface area contributed by atoms with Crippen LogP contribution in [0.5, 0.6) is 5.75 Å². The third-order valence-corrected chi connectivity index (χ3v) is 5.70. The molecule has 0 bridgehead atoms. The van der Waals surface area contributed by atoms with Crippen LogP contribution in [-0.4, -0.2) is 16.9 Å². The van der Waals surface area contributed by atoms with E-state index in [0.29, 0.717) is 28.4 Å². The van der Waals surface area contributed by atoms with E-state index < -0.39 is 5.92 Å². The number of benzene rings is 2. The molecule has 0 aromatic heterocycles. The van der Waals surface area contributed by atoms with Gasteiger partial charge in [-0.15, -0.1) is 0 Å². The lowest BCUT2D eigenvalue weighted by molar-refractivity contribution is -0.119. The summed E-state index contributed by atoms with van der Waals surface area (Å²) < 4.78 is 0. The fraction of sp³-hybridized carbons (Fsp3) is 0.333. The Morgan fingerprint density at radius 3 is 2.74 bits per heavy atom. The van der Waals surface area contributed by atoms with Crippen LogP contribution in [0.25, 0.3) is 0 Å². The highest BCUT2D eigenvalue weighted by atomic mass is 35.5. The maximum Gasteiger partial charge on any atom is 0.232 e. The van der Waals surface area contributed by atoms with Gasteiger partial charge in [0, 0.05) is 22.3 Å². The van der Waals surface area contributed by atoms with Crippen molar-refractivity contribution in [3.63, 3.8) is 0 Å². The zero-order valence-electron chi connectivity index (χ0n) is 14.8. The van der Waals surface area contributed by atoms with Crippen LogP contribution in [0, 0.1) is 5.92 Å². The molecule has 2 aromatic carbocycles. The normalized spacial score (nSPS) is 19.0. The number of nitrogens with one attached hydrogen (secondary N) is 2. The van der Waals surface area contributed by atoms with Gasteiger partial charge in [-0.25, -0.2) is 0 Å². The van der Waals surface area contributed by atoms with Gasteiger partial charge in [0.05, 0.1) is 5.92 Å². The Bertz CT molecular complexity index is 906. The lowest BCUT2D eigenvalue weighted by Gasteiger charge is -2.13. The number of carbonyl (C=O) groups excluding carboxylic acids is 2. The Hall–Kier alpha value is -2.53. The van der Waals surface area contributed by atoms with Gasteiger partial charge in [0.25, 0.3) is 0 Å². The number of anilines is 2. The quantitative estimate of drug-likeness (QED) is 0.728. The van der Waals surface area contributed by atoms with Crippen molar-refractivity contribution in [2.24, 2.45) is 5.92 Å². The molecule has 3 N–H and O–H groups in total. The molecule has 5 nitrogen and oxygen atoms in total. The highest BCUT2D eigenvalue weighted by Gasteiger charge is 2.32. The predicted molar refractivity (Wildman–Crippen MR) is 105 cm³/mol. The number of hydrogen-bond donors (Lipinski definition) is 3. The zero-order valence-corrected chi connectivity index (χ0v) is 15.6. The van der Waals surface area contributed by atoms with Crippen molar-refractivity contribution >= 4 is 34.8 Å². The predicted octanol–water partition coefficient (Wildman–Crippen LogP) is 4.45. The number of hydrogen-bond acceptors (Lipinski definition) is 3. The highest BCUT2D eigenvalue weighted by Crippen LogP contribution is 2.38. The molecule has 1 aliphatic heterocycles. The molecular formula is C21H21ClN2O3. The van der Waals surface area contributed by atoms with Gasteiger partial charge in [-0.1, -0.05) is 30.5 Å². The Kier molecular flexibility index (Phi) is 4.79. The average Bonchev–Trinajstić information content (AvgIpc) is 3.27. The summed E-state index contributed by atoms with van der Waals surface area (Å²) in [5.74, 6) is -0.253. The number of phenols is 1. The summed E-state index contributed by atoms with van der Waals surface area (Å²) in [4.78, 5) is 24.8. The van der Waals surface area contributed by atoms with Crippen LogP contribution in [0.2, 0.25) is 5.02 Å². The summed E-state index contributed by atoms with van der Waals surface area (Å²) in [5, 5.41) is 16.4. The van der Waals surface area contributed by atoms with Gasteiger partial charge >= 0.3 is 0 Å². The summed E-state index contributed by atoms with van der Waals surface area (Å²) in [5.41, 5.74) is 2.89. The van der Waals surface area contributed by atoms with Crippen LogP contribution in [0.3, 0.4) is 0 Å². The first-order valence-electron chi connectivity index (χ1n) is 9.24. The van der Waals surface area contributed by atoms with Crippen LogP contribution >= 0.6 is 11.6 Å².